The van der Waals surface area contributed by atoms with Gasteiger partial charge in [0.2, 0.25) is 5.91 Å². The number of rotatable bonds is 7. The number of H-pyrrole nitrogens is 1. The molecule has 0 bridgehead atoms. The molecular weight excluding hydrogens is 506 g/mol. The van der Waals surface area contributed by atoms with Crippen molar-refractivity contribution in [3.05, 3.63) is 89.1 Å². The summed E-state index contributed by atoms with van der Waals surface area (Å²) in [5, 5.41) is 1.03. The van der Waals surface area contributed by atoms with Crippen molar-refractivity contribution >= 4 is 22.7 Å². The van der Waals surface area contributed by atoms with Gasteiger partial charge in [-0.2, -0.15) is 0 Å². The third kappa shape index (κ3) is 3.89. The normalized spacial score (nSPS) is 20.4. The molecule has 6 rings (SSSR count). The number of aromatic amines is 1. The summed E-state index contributed by atoms with van der Waals surface area (Å²) in [7, 11) is 3.25. The number of methoxy groups -OCH3 is 2. The molecule has 2 amide bonds. The fourth-order valence-electron chi connectivity index (χ4n) is 6.30. The van der Waals surface area contributed by atoms with Crippen molar-refractivity contribution < 1.29 is 23.8 Å². The van der Waals surface area contributed by atoms with E-state index < -0.39 is 5.54 Å². The van der Waals surface area contributed by atoms with Crippen molar-refractivity contribution in [3.63, 3.8) is 0 Å². The zero-order chi connectivity index (χ0) is 28.0. The smallest absolute Gasteiger partial charge is 0.255 e. The Hall–Kier alpha value is -4.46. The van der Waals surface area contributed by atoms with Gasteiger partial charge in [-0.15, -0.1) is 0 Å². The summed E-state index contributed by atoms with van der Waals surface area (Å²) in [4.78, 5) is 35.2. The van der Waals surface area contributed by atoms with Crippen LogP contribution in [0.5, 0.6) is 17.2 Å². The molecule has 1 N–H and O–H groups in total. The summed E-state index contributed by atoms with van der Waals surface area (Å²) in [6.45, 7) is 4.97. The Kier molecular flexibility index (Phi) is 6.41. The molecule has 3 heterocycles. The first-order valence-electron chi connectivity index (χ1n) is 13.5. The third-order valence-electron chi connectivity index (χ3n) is 8.24. The van der Waals surface area contributed by atoms with E-state index >= 15 is 0 Å². The molecule has 206 valence electrons. The number of carbonyl (C=O) groups is 2. The van der Waals surface area contributed by atoms with Crippen molar-refractivity contribution in [2.45, 2.75) is 31.8 Å². The lowest BCUT2D eigenvalue weighted by Gasteiger charge is -2.51. The van der Waals surface area contributed by atoms with Crippen LogP contribution in [0.2, 0.25) is 0 Å². The Morgan fingerprint density at radius 1 is 0.975 bits per heavy atom. The van der Waals surface area contributed by atoms with Crippen LogP contribution in [0.3, 0.4) is 0 Å². The number of nitrogens with one attached hydrogen (secondary N) is 1. The number of carbonyl (C=O) groups excluding carboxylic acids is 2. The number of hydrogen-bond acceptors (Lipinski definition) is 5. The van der Waals surface area contributed by atoms with Gasteiger partial charge in [-0.3, -0.25) is 9.59 Å². The second-order valence-electron chi connectivity index (χ2n) is 10.4. The first-order chi connectivity index (χ1) is 19.4. The summed E-state index contributed by atoms with van der Waals surface area (Å²) in [5.41, 5.74) is 3.35. The Labute approximate surface area is 233 Å². The van der Waals surface area contributed by atoms with Crippen LogP contribution in [-0.4, -0.2) is 60.5 Å². The molecule has 4 aromatic rings. The van der Waals surface area contributed by atoms with E-state index in [2.05, 4.69) is 11.1 Å². The Morgan fingerprint density at radius 3 is 2.48 bits per heavy atom. The molecule has 2 aliphatic rings. The number of aromatic nitrogens is 1. The quantitative estimate of drug-likeness (QED) is 0.364. The Morgan fingerprint density at radius 2 is 1.75 bits per heavy atom. The fourth-order valence-corrected chi connectivity index (χ4v) is 6.30. The van der Waals surface area contributed by atoms with Crippen LogP contribution in [0.1, 0.15) is 42.1 Å². The van der Waals surface area contributed by atoms with E-state index in [1.807, 2.05) is 74.5 Å². The molecular formula is C32H33N3O5. The topological polar surface area (TPSA) is 84.1 Å². The highest BCUT2D eigenvalue weighted by Gasteiger charge is 2.56. The highest BCUT2D eigenvalue weighted by atomic mass is 16.5. The van der Waals surface area contributed by atoms with Gasteiger partial charge in [0, 0.05) is 35.5 Å². The minimum absolute atomic E-state index is 0.0131. The molecule has 2 aliphatic heterocycles. The second-order valence-corrected chi connectivity index (χ2v) is 10.4. The number of hydrogen-bond donors (Lipinski definition) is 1. The van der Waals surface area contributed by atoms with Gasteiger partial charge in [0.25, 0.3) is 5.91 Å². The second kappa shape index (κ2) is 9.93. The van der Waals surface area contributed by atoms with Crippen molar-refractivity contribution in [2.24, 2.45) is 0 Å². The summed E-state index contributed by atoms with van der Waals surface area (Å²) in [6.07, 6.45) is 0. The number of piperazine rings is 1. The molecule has 0 aliphatic carbocycles. The third-order valence-corrected chi connectivity index (χ3v) is 8.24. The lowest BCUT2D eigenvalue weighted by atomic mass is 9.76. The van der Waals surface area contributed by atoms with E-state index in [1.165, 1.54) is 0 Å². The van der Waals surface area contributed by atoms with Gasteiger partial charge < -0.3 is 29.0 Å². The van der Waals surface area contributed by atoms with Gasteiger partial charge in [-0.1, -0.05) is 42.5 Å². The number of benzene rings is 3. The molecule has 0 spiro atoms. The summed E-state index contributed by atoms with van der Waals surface area (Å²) in [5.74, 6) is 1.62. The number of nitrogens with zero attached hydrogens (tertiary/aromatic N) is 2. The standard InChI is InChI=1S/C32H33N3O5/c1-5-40-29-22(10-8-12-26(29)39-4)24-18-35-27(36)19-34(17-20-13-15-21(38-3)16-14-20)31(37)32(35,2)30-28(24)23-9-6-7-11-25(23)33-30/h6-16,24,33H,5,17-19H2,1-4H3. The van der Waals surface area contributed by atoms with E-state index in [9.17, 15) is 9.59 Å². The number of amides is 2. The maximum absolute atomic E-state index is 14.3. The van der Waals surface area contributed by atoms with Crippen LogP contribution in [0, 0.1) is 0 Å². The fraction of sp³-hybridized carbons (Fsp3) is 0.312. The highest BCUT2D eigenvalue weighted by molar-refractivity contribution is 6.01. The van der Waals surface area contributed by atoms with Gasteiger partial charge in [-0.05, 0) is 49.2 Å². The lowest BCUT2D eigenvalue weighted by Crippen LogP contribution is -2.67. The van der Waals surface area contributed by atoms with E-state index in [0.717, 1.165) is 39.0 Å². The molecule has 0 radical (unpaired) electrons. The monoisotopic (exact) mass is 539 g/mol. The minimum atomic E-state index is -1.18. The van der Waals surface area contributed by atoms with Gasteiger partial charge >= 0.3 is 0 Å². The molecule has 8 nitrogen and oxygen atoms in total. The lowest BCUT2D eigenvalue weighted by molar-refractivity contribution is -0.166. The maximum Gasteiger partial charge on any atom is 0.255 e. The van der Waals surface area contributed by atoms with Crippen LogP contribution in [-0.2, 0) is 21.7 Å². The largest absolute Gasteiger partial charge is 0.497 e. The van der Waals surface area contributed by atoms with E-state index in [4.69, 9.17) is 14.2 Å². The van der Waals surface area contributed by atoms with Crippen molar-refractivity contribution in [2.75, 3.05) is 33.9 Å². The predicted molar refractivity (Wildman–Crippen MR) is 152 cm³/mol. The summed E-state index contributed by atoms with van der Waals surface area (Å²) < 4.78 is 17.0. The molecule has 1 fully saturated rings. The molecule has 2 atom stereocenters. The van der Waals surface area contributed by atoms with E-state index in [-0.39, 0.29) is 24.3 Å². The summed E-state index contributed by atoms with van der Waals surface area (Å²) >= 11 is 0. The predicted octanol–water partition coefficient (Wildman–Crippen LogP) is 4.82. The van der Waals surface area contributed by atoms with Crippen LogP contribution in [0.4, 0.5) is 0 Å². The Bertz CT molecular complexity index is 1590. The van der Waals surface area contributed by atoms with Gasteiger partial charge in [-0.25, -0.2) is 0 Å². The molecule has 0 saturated carbocycles. The van der Waals surface area contributed by atoms with Gasteiger partial charge in [0.15, 0.2) is 17.0 Å². The Balaban J connectivity index is 1.49. The van der Waals surface area contributed by atoms with Crippen molar-refractivity contribution in [3.8, 4) is 17.2 Å². The molecule has 2 unspecified atom stereocenters. The number of fused-ring (bicyclic) bond motifs is 5. The molecule has 1 aromatic heterocycles. The zero-order valence-electron chi connectivity index (χ0n) is 23.2. The minimum Gasteiger partial charge on any atom is -0.497 e. The van der Waals surface area contributed by atoms with Gasteiger partial charge in [0.05, 0.1) is 26.5 Å². The van der Waals surface area contributed by atoms with Crippen LogP contribution < -0.4 is 14.2 Å². The van der Waals surface area contributed by atoms with Crippen LogP contribution in [0.25, 0.3) is 10.9 Å². The van der Waals surface area contributed by atoms with Crippen LogP contribution in [0.15, 0.2) is 66.7 Å². The number of ether oxygens (including phenoxy) is 3. The molecule has 1 saturated heterocycles. The zero-order valence-corrected chi connectivity index (χ0v) is 23.2. The maximum atomic E-state index is 14.3. The number of para-hydroxylation sites is 2. The van der Waals surface area contributed by atoms with Gasteiger partial charge in [0.1, 0.15) is 12.3 Å². The molecule has 3 aromatic carbocycles. The molecule has 40 heavy (non-hydrogen) atoms. The SMILES string of the molecule is CCOc1c(OC)cccc1C1CN2C(=O)CN(Cc3ccc(OC)cc3)C(=O)C2(C)c2[nH]c3ccccc3c21. The average molecular weight is 540 g/mol. The first-order valence-corrected chi connectivity index (χ1v) is 13.5. The van der Waals surface area contributed by atoms with Crippen molar-refractivity contribution in [1.29, 1.82) is 0 Å². The van der Waals surface area contributed by atoms with Crippen molar-refractivity contribution in [1.82, 2.24) is 14.8 Å². The highest BCUT2D eigenvalue weighted by Crippen LogP contribution is 2.50. The van der Waals surface area contributed by atoms with E-state index in [1.54, 1.807) is 24.0 Å². The van der Waals surface area contributed by atoms with E-state index in [0.29, 0.717) is 31.2 Å². The first kappa shape index (κ1) is 25.8. The summed E-state index contributed by atoms with van der Waals surface area (Å²) in [6, 6.07) is 21.5. The molecule has 8 heteroatoms. The van der Waals surface area contributed by atoms with Crippen LogP contribution >= 0.6 is 0 Å². The average Bonchev–Trinajstić information content (AvgIpc) is 3.37.